The normalized spacial score (nSPS) is 20.4. The minimum atomic E-state index is -0.796. The van der Waals surface area contributed by atoms with Crippen LogP contribution in [0.3, 0.4) is 0 Å². The number of carbonyl (C=O) groups excluding carboxylic acids is 1. The van der Waals surface area contributed by atoms with Gasteiger partial charge in [0.05, 0.1) is 29.6 Å². The van der Waals surface area contributed by atoms with Crippen molar-refractivity contribution in [3.63, 3.8) is 0 Å². The lowest BCUT2D eigenvalue weighted by Gasteiger charge is -2.25. The number of hydrogen-bond donors (Lipinski definition) is 2. The average molecular weight is 343 g/mol. The van der Waals surface area contributed by atoms with E-state index in [9.17, 15) is 18.7 Å². The van der Waals surface area contributed by atoms with Crippen molar-refractivity contribution in [2.24, 2.45) is 0 Å². The summed E-state index contributed by atoms with van der Waals surface area (Å²) in [6, 6.07) is 7.56. The molecule has 25 heavy (non-hydrogen) atoms. The van der Waals surface area contributed by atoms with E-state index in [1.165, 1.54) is 11.2 Å². The zero-order chi connectivity index (χ0) is 17.6. The highest BCUT2D eigenvalue weighted by atomic mass is 19.1. The Labute approximate surface area is 141 Å². The van der Waals surface area contributed by atoms with Crippen LogP contribution >= 0.6 is 0 Å². The van der Waals surface area contributed by atoms with Gasteiger partial charge in [0.2, 0.25) is 0 Å². The predicted octanol–water partition coefficient (Wildman–Crippen LogP) is 2.79. The van der Waals surface area contributed by atoms with E-state index in [2.05, 4.69) is 9.97 Å². The number of aromatic nitrogens is 2. The molecular weight excluding hydrogens is 328 g/mol. The van der Waals surface area contributed by atoms with Crippen molar-refractivity contribution in [2.75, 3.05) is 6.54 Å². The zero-order valence-electron chi connectivity index (χ0n) is 13.1. The number of halogens is 2. The quantitative estimate of drug-likeness (QED) is 0.752. The average Bonchev–Trinajstić information content (AvgIpc) is 3.22. The third-order valence-electron chi connectivity index (χ3n) is 4.54. The van der Waals surface area contributed by atoms with Crippen molar-refractivity contribution < 1.29 is 18.7 Å². The second kappa shape index (κ2) is 5.93. The molecule has 1 aliphatic heterocycles. The number of rotatable bonds is 2. The number of amides is 1. The number of benzene rings is 2. The maximum atomic E-state index is 14.2. The van der Waals surface area contributed by atoms with Gasteiger partial charge in [-0.2, -0.15) is 0 Å². The van der Waals surface area contributed by atoms with Crippen LogP contribution in [0, 0.1) is 11.6 Å². The maximum Gasteiger partial charge on any atom is 0.256 e. The maximum absolute atomic E-state index is 14.2. The summed E-state index contributed by atoms with van der Waals surface area (Å²) in [5.41, 5.74) is 1.64. The molecule has 128 valence electrons. The molecule has 3 aromatic rings. The number of β-amino-alcohol motifs (C(OH)–C–C–N with tert-alkyl or cyclic N) is 1. The third kappa shape index (κ3) is 2.66. The predicted molar refractivity (Wildman–Crippen MR) is 86.9 cm³/mol. The second-order valence-electron chi connectivity index (χ2n) is 6.13. The van der Waals surface area contributed by atoms with Gasteiger partial charge in [-0.25, -0.2) is 13.8 Å². The molecule has 1 saturated heterocycles. The molecule has 1 aromatic heterocycles. The van der Waals surface area contributed by atoms with Gasteiger partial charge in [0.15, 0.2) is 0 Å². The molecule has 0 unspecified atom stereocenters. The molecule has 1 fully saturated rings. The minimum absolute atomic E-state index is 0.0558. The number of para-hydroxylation sites is 1. The number of aliphatic hydroxyl groups excluding tert-OH is 1. The molecule has 2 heterocycles. The number of aromatic amines is 1. The van der Waals surface area contributed by atoms with Crippen LogP contribution in [-0.4, -0.2) is 38.5 Å². The number of fused-ring (bicyclic) bond motifs is 1. The highest BCUT2D eigenvalue weighted by Crippen LogP contribution is 2.35. The zero-order valence-corrected chi connectivity index (χ0v) is 13.1. The molecule has 7 heteroatoms. The van der Waals surface area contributed by atoms with Gasteiger partial charge in [-0.15, -0.1) is 0 Å². The standard InChI is InChI=1S/C18H15F2N3O2/c19-10-4-5-14(20)13(6-10)16-7-11(24)8-23(16)18(25)12-2-1-3-15-17(12)22-9-21-15/h1-6,9,11,16,24H,7-8H2,(H,21,22)/t11-,16-/m1/s1. The number of imidazole rings is 1. The summed E-state index contributed by atoms with van der Waals surface area (Å²) < 4.78 is 27.8. The van der Waals surface area contributed by atoms with Crippen LogP contribution < -0.4 is 0 Å². The number of hydrogen-bond acceptors (Lipinski definition) is 3. The Kier molecular flexibility index (Phi) is 3.73. The number of aliphatic hydroxyl groups is 1. The molecule has 0 radical (unpaired) electrons. The van der Waals surface area contributed by atoms with Gasteiger partial charge in [-0.1, -0.05) is 6.07 Å². The molecule has 2 aromatic carbocycles. The van der Waals surface area contributed by atoms with Gasteiger partial charge < -0.3 is 15.0 Å². The lowest BCUT2D eigenvalue weighted by atomic mass is 10.0. The lowest BCUT2D eigenvalue weighted by Crippen LogP contribution is -2.32. The molecule has 4 rings (SSSR count). The monoisotopic (exact) mass is 343 g/mol. The topological polar surface area (TPSA) is 69.2 Å². The second-order valence-corrected chi connectivity index (χ2v) is 6.13. The summed E-state index contributed by atoms with van der Waals surface area (Å²) in [5.74, 6) is -1.56. The van der Waals surface area contributed by atoms with E-state index in [4.69, 9.17) is 0 Å². The van der Waals surface area contributed by atoms with Crippen molar-refractivity contribution >= 4 is 16.9 Å². The van der Waals surface area contributed by atoms with Crippen molar-refractivity contribution in [2.45, 2.75) is 18.6 Å². The molecule has 2 atom stereocenters. The van der Waals surface area contributed by atoms with E-state index < -0.39 is 23.8 Å². The Morgan fingerprint density at radius 2 is 2.12 bits per heavy atom. The molecule has 5 nitrogen and oxygen atoms in total. The Morgan fingerprint density at radius 3 is 2.96 bits per heavy atom. The van der Waals surface area contributed by atoms with Gasteiger partial charge in [-0.05, 0) is 36.8 Å². The number of nitrogens with zero attached hydrogens (tertiary/aromatic N) is 2. The summed E-state index contributed by atoms with van der Waals surface area (Å²) in [6.45, 7) is 0.0558. The fraction of sp³-hybridized carbons (Fsp3) is 0.222. The fourth-order valence-electron chi connectivity index (χ4n) is 3.40. The summed E-state index contributed by atoms with van der Waals surface area (Å²) in [6.07, 6.45) is 0.849. The van der Waals surface area contributed by atoms with E-state index in [0.29, 0.717) is 16.6 Å². The van der Waals surface area contributed by atoms with Crippen molar-refractivity contribution in [3.05, 3.63) is 65.5 Å². The summed E-state index contributed by atoms with van der Waals surface area (Å²) in [5, 5.41) is 10.0. The van der Waals surface area contributed by atoms with Gasteiger partial charge in [-0.3, -0.25) is 4.79 Å². The van der Waals surface area contributed by atoms with Crippen LogP contribution in [0.1, 0.15) is 28.4 Å². The Morgan fingerprint density at radius 1 is 1.28 bits per heavy atom. The van der Waals surface area contributed by atoms with Gasteiger partial charge in [0, 0.05) is 12.1 Å². The van der Waals surface area contributed by atoms with Crippen LogP contribution in [0.15, 0.2) is 42.7 Å². The smallest absolute Gasteiger partial charge is 0.256 e. The number of likely N-dealkylation sites (tertiary alicyclic amines) is 1. The molecule has 1 amide bonds. The van der Waals surface area contributed by atoms with E-state index in [1.54, 1.807) is 18.2 Å². The summed E-state index contributed by atoms with van der Waals surface area (Å²) in [4.78, 5) is 21.5. The SMILES string of the molecule is O=C(c1cccc2[nH]cnc12)N1C[C@H](O)C[C@@H]1c1cc(F)ccc1F. The number of nitrogens with one attached hydrogen (secondary N) is 1. The van der Waals surface area contributed by atoms with Crippen molar-refractivity contribution in [3.8, 4) is 0 Å². The van der Waals surface area contributed by atoms with E-state index >= 15 is 0 Å². The van der Waals surface area contributed by atoms with Crippen molar-refractivity contribution in [1.82, 2.24) is 14.9 Å². The molecule has 0 spiro atoms. The molecule has 1 aliphatic rings. The van der Waals surface area contributed by atoms with Gasteiger partial charge >= 0.3 is 0 Å². The summed E-state index contributed by atoms with van der Waals surface area (Å²) in [7, 11) is 0. The molecule has 2 N–H and O–H groups in total. The Balaban J connectivity index is 1.76. The van der Waals surface area contributed by atoms with E-state index in [-0.39, 0.29) is 24.4 Å². The number of carbonyl (C=O) groups is 1. The summed E-state index contributed by atoms with van der Waals surface area (Å²) >= 11 is 0. The van der Waals surface area contributed by atoms with Crippen LogP contribution in [-0.2, 0) is 0 Å². The Hall–Kier alpha value is -2.80. The first-order valence-electron chi connectivity index (χ1n) is 7.90. The molecule has 0 bridgehead atoms. The van der Waals surface area contributed by atoms with E-state index in [1.807, 2.05) is 0 Å². The minimum Gasteiger partial charge on any atom is -0.391 e. The lowest BCUT2D eigenvalue weighted by molar-refractivity contribution is 0.0715. The highest BCUT2D eigenvalue weighted by Gasteiger charge is 2.37. The van der Waals surface area contributed by atoms with Gasteiger partial charge in [0.25, 0.3) is 5.91 Å². The van der Waals surface area contributed by atoms with Crippen molar-refractivity contribution in [1.29, 1.82) is 0 Å². The van der Waals surface area contributed by atoms with Crippen LogP contribution in [0.25, 0.3) is 11.0 Å². The van der Waals surface area contributed by atoms with Crippen LogP contribution in [0.5, 0.6) is 0 Å². The van der Waals surface area contributed by atoms with Gasteiger partial charge in [0.1, 0.15) is 17.2 Å². The number of H-pyrrole nitrogens is 1. The molecular formula is C18H15F2N3O2. The fourth-order valence-corrected chi connectivity index (χ4v) is 3.40. The first-order valence-corrected chi connectivity index (χ1v) is 7.90. The Bertz CT molecular complexity index is 956. The first-order chi connectivity index (χ1) is 12.0. The third-order valence-corrected chi connectivity index (χ3v) is 4.54. The van der Waals surface area contributed by atoms with Crippen LogP contribution in [0.2, 0.25) is 0 Å². The highest BCUT2D eigenvalue weighted by molar-refractivity contribution is 6.05. The van der Waals surface area contributed by atoms with E-state index in [0.717, 1.165) is 18.2 Å². The van der Waals surface area contributed by atoms with Crippen LogP contribution in [0.4, 0.5) is 8.78 Å². The molecule has 0 saturated carbocycles. The first kappa shape index (κ1) is 15.7. The molecule has 0 aliphatic carbocycles. The largest absolute Gasteiger partial charge is 0.391 e.